The van der Waals surface area contributed by atoms with Gasteiger partial charge in [0.25, 0.3) is 0 Å². The summed E-state index contributed by atoms with van der Waals surface area (Å²) in [6.45, 7) is 0.633. The molecule has 2 nitrogen and oxygen atoms in total. The fourth-order valence-corrected chi connectivity index (χ4v) is 2.17. The molecular weight excluding hydrogens is 279 g/mol. The van der Waals surface area contributed by atoms with Crippen LogP contribution in [-0.4, -0.2) is 0 Å². The summed E-state index contributed by atoms with van der Waals surface area (Å²) in [5.41, 5.74) is 3.00. The van der Waals surface area contributed by atoms with Gasteiger partial charge in [-0.1, -0.05) is 41.4 Å². The van der Waals surface area contributed by atoms with Crippen LogP contribution < -0.4 is 5.32 Å². The van der Waals surface area contributed by atoms with Crippen LogP contribution in [0.3, 0.4) is 0 Å². The van der Waals surface area contributed by atoms with Crippen molar-refractivity contribution in [3.63, 3.8) is 0 Å². The molecule has 0 fully saturated rings. The van der Waals surface area contributed by atoms with Gasteiger partial charge >= 0.3 is 0 Å². The lowest BCUT2D eigenvalue weighted by atomic mass is 10.1. The summed E-state index contributed by atoms with van der Waals surface area (Å²) in [6.07, 6.45) is 0.434. The van der Waals surface area contributed by atoms with Gasteiger partial charge in [-0.05, 0) is 35.4 Å². The number of anilines is 1. The van der Waals surface area contributed by atoms with Gasteiger partial charge in [0.05, 0.1) is 12.5 Å². The minimum absolute atomic E-state index is 0.434. The Morgan fingerprint density at radius 3 is 2.42 bits per heavy atom. The minimum atomic E-state index is 0.434. The largest absolute Gasteiger partial charge is 0.381 e. The molecule has 0 amide bonds. The second kappa shape index (κ2) is 6.47. The first-order valence-electron chi connectivity index (χ1n) is 5.83. The first kappa shape index (κ1) is 13.7. The van der Waals surface area contributed by atoms with Crippen LogP contribution in [0.5, 0.6) is 0 Å². The fourth-order valence-electron chi connectivity index (χ4n) is 1.69. The first-order valence-corrected chi connectivity index (χ1v) is 6.58. The van der Waals surface area contributed by atoms with E-state index in [0.717, 1.165) is 16.8 Å². The van der Waals surface area contributed by atoms with E-state index in [4.69, 9.17) is 28.5 Å². The average Bonchev–Trinajstić information content (AvgIpc) is 2.40. The molecule has 0 saturated carbocycles. The molecule has 0 atom stereocenters. The van der Waals surface area contributed by atoms with Gasteiger partial charge in [-0.2, -0.15) is 5.26 Å². The molecule has 4 heteroatoms. The fraction of sp³-hybridized carbons (Fsp3) is 0.133. The van der Waals surface area contributed by atoms with E-state index in [1.807, 2.05) is 36.4 Å². The zero-order chi connectivity index (χ0) is 13.7. The number of halogens is 2. The summed E-state index contributed by atoms with van der Waals surface area (Å²) in [5.74, 6) is 0. The Morgan fingerprint density at radius 1 is 1.05 bits per heavy atom. The molecule has 19 heavy (non-hydrogen) atoms. The third kappa shape index (κ3) is 3.89. The summed E-state index contributed by atoms with van der Waals surface area (Å²) >= 11 is 12.0. The Bertz CT molecular complexity index is 601. The Morgan fingerprint density at radius 2 is 1.79 bits per heavy atom. The van der Waals surface area contributed by atoms with Gasteiger partial charge in [0.15, 0.2) is 0 Å². The predicted molar refractivity (Wildman–Crippen MR) is 79.5 cm³/mol. The highest BCUT2D eigenvalue weighted by molar-refractivity contribution is 6.35. The van der Waals surface area contributed by atoms with Crippen LogP contribution in [-0.2, 0) is 13.0 Å². The molecule has 2 aromatic rings. The smallest absolute Gasteiger partial charge is 0.0669 e. The topological polar surface area (TPSA) is 35.8 Å². The normalized spacial score (nSPS) is 9.95. The highest BCUT2D eigenvalue weighted by atomic mass is 35.5. The predicted octanol–water partition coefficient (Wildman–Crippen LogP) is 4.67. The quantitative estimate of drug-likeness (QED) is 0.888. The van der Waals surface area contributed by atoms with Gasteiger partial charge in [-0.15, -0.1) is 0 Å². The molecule has 0 spiro atoms. The van der Waals surface area contributed by atoms with Crippen LogP contribution in [0.15, 0.2) is 42.5 Å². The maximum absolute atomic E-state index is 8.60. The van der Waals surface area contributed by atoms with Crippen molar-refractivity contribution in [1.29, 1.82) is 5.26 Å². The number of benzene rings is 2. The van der Waals surface area contributed by atoms with Crippen molar-refractivity contribution in [2.24, 2.45) is 0 Å². The molecular formula is C15H12Cl2N2. The summed E-state index contributed by atoms with van der Waals surface area (Å²) < 4.78 is 0. The molecule has 0 saturated heterocycles. The number of hydrogen-bond donors (Lipinski definition) is 1. The zero-order valence-corrected chi connectivity index (χ0v) is 11.7. The first-order chi connectivity index (χ1) is 9.19. The van der Waals surface area contributed by atoms with E-state index in [2.05, 4.69) is 11.4 Å². The van der Waals surface area contributed by atoms with Crippen molar-refractivity contribution in [1.82, 2.24) is 0 Å². The third-order valence-corrected chi connectivity index (χ3v) is 3.32. The Balaban J connectivity index is 2.00. The lowest BCUT2D eigenvalue weighted by molar-refractivity contribution is 1.15. The van der Waals surface area contributed by atoms with Crippen LogP contribution >= 0.6 is 23.2 Å². The molecule has 0 aliphatic rings. The second-order valence-corrected chi connectivity index (χ2v) is 4.96. The molecule has 0 aliphatic carbocycles. The maximum atomic E-state index is 8.60. The third-order valence-electron chi connectivity index (χ3n) is 2.74. The monoisotopic (exact) mass is 290 g/mol. The van der Waals surface area contributed by atoms with Crippen LogP contribution in [0, 0.1) is 11.3 Å². The van der Waals surface area contributed by atoms with Crippen molar-refractivity contribution < 1.29 is 0 Å². The molecule has 0 aliphatic heterocycles. The standard InChI is InChI=1S/C15H12Cl2N2/c16-13-4-3-12(15(17)9-13)10-19-14-5-1-11(2-6-14)7-8-18/h1-6,9,19H,7,10H2. The lowest BCUT2D eigenvalue weighted by Gasteiger charge is -2.08. The van der Waals surface area contributed by atoms with Crippen LogP contribution in [0.25, 0.3) is 0 Å². The van der Waals surface area contributed by atoms with E-state index in [1.165, 1.54) is 0 Å². The molecule has 96 valence electrons. The van der Waals surface area contributed by atoms with Crippen molar-refractivity contribution in [3.8, 4) is 6.07 Å². The highest BCUT2D eigenvalue weighted by Gasteiger charge is 2.01. The molecule has 2 rings (SSSR count). The zero-order valence-electron chi connectivity index (χ0n) is 10.2. The minimum Gasteiger partial charge on any atom is -0.381 e. The van der Waals surface area contributed by atoms with Gasteiger partial charge in [0, 0.05) is 22.3 Å². The summed E-state index contributed by atoms with van der Waals surface area (Å²) in [4.78, 5) is 0. The van der Waals surface area contributed by atoms with Crippen molar-refractivity contribution in [3.05, 3.63) is 63.6 Å². The SMILES string of the molecule is N#CCc1ccc(NCc2ccc(Cl)cc2Cl)cc1. The van der Waals surface area contributed by atoms with Crippen molar-refractivity contribution in [2.45, 2.75) is 13.0 Å². The van der Waals surface area contributed by atoms with Crippen molar-refractivity contribution >= 4 is 28.9 Å². The molecule has 0 aromatic heterocycles. The van der Waals surface area contributed by atoms with Crippen LogP contribution in [0.1, 0.15) is 11.1 Å². The molecule has 1 N–H and O–H groups in total. The molecule has 0 heterocycles. The lowest BCUT2D eigenvalue weighted by Crippen LogP contribution is -2.00. The van der Waals surface area contributed by atoms with Gasteiger partial charge in [-0.3, -0.25) is 0 Å². The van der Waals surface area contributed by atoms with E-state index in [0.29, 0.717) is 23.0 Å². The maximum Gasteiger partial charge on any atom is 0.0669 e. The molecule has 0 radical (unpaired) electrons. The van der Waals surface area contributed by atoms with Gasteiger partial charge < -0.3 is 5.32 Å². The number of rotatable bonds is 4. The average molecular weight is 291 g/mol. The Labute approximate surface area is 122 Å². The molecule has 2 aromatic carbocycles. The Kier molecular flexibility index (Phi) is 4.68. The van der Waals surface area contributed by atoms with Crippen molar-refractivity contribution in [2.75, 3.05) is 5.32 Å². The van der Waals surface area contributed by atoms with E-state index in [1.54, 1.807) is 6.07 Å². The van der Waals surface area contributed by atoms with Gasteiger partial charge in [0.1, 0.15) is 0 Å². The number of hydrogen-bond acceptors (Lipinski definition) is 2. The van der Waals surface area contributed by atoms with E-state index in [-0.39, 0.29) is 0 Å². The van der Waals surface area contributed by atoms with Gasteiger partial charge in [-0.25, -0.2) is 0 Å². The van der Waals surface area contributed by atoms with Crippen LogP contribution in [0.4, 0.5) is 5.69 Å². The number of nitrogens with zero attached hydrogens (tertiary/aromatic N) is 1. The van der Waals surface area contributed by atoms with Gasteiger partial charge in [0.2, 0.25) is 0 Å². The Hall–Kier alpha value is -1.69. The van der Waals surface area contributed by atoms with E-state index in [9.17, 15) is 0 Å². The summed E-state index contributed by atoms with van der Waals surface area (Å²) in [6, 6.07) is 15.4. The van der Waals surface area contributed by atoms with Crippen LogP contribution in [0.2, 0.25) is 10.0 Å². The summed E-state index contributed by atoms with van der Waals surface area (Å²) in [5, 5.41) is 13.2. The second-order valence-electron chi connectivity index (χ2n) is 4.12. The van der Waals surface area contributed by atoms with E-state index < -0.39 is 0 Å². The molecule has 0 unspecified atom stereocenters. The number of nitriles is 1. The summed E-state index contributed by atoms with van der Waals surface area (Å²) in [7, 11) is 0. The number of nitrogens with one attached hydrogen (secondary N) is 1. The highest BCUT2D eigenvalue weighted by Crippen LogP contribution is 2.22. The van der Waals surface area contributed by atoms with E-state index >= 15 is 0 Å². The molecule has 0 bridgehead atoms.